The van der Waals surface area contributed by atoms with Gasteiger partial charge in [0.15, 0.2) is 0 Å². The fourth-order valence-corrected chi connectivity index (χ4v) is 2.61. The van der Waals surface area contributed by atoms with Crippen LogP contribution in [0.4, 0.5) is 0 Å². The van der Waals surface area contributed by atoms with Gasteiger partial charge in [0.2, 0.25) is 5.91 Å². The molecule has 1 aliphatic heterocycles. The zero-order valence-corrected chi connectivity index (χ0v) is 11.7. The Morgan fingerprint density at radius 3 is 2.63 bits per heavy atom. The molecule has 2 rings (SSSR count). The summed E-state index contributed by atoms with van der Waals surface area (Å²) in [5, 5.41) is 13.0. The average Bonchev–Trinajstić information content (AvgIpc) is 2.75. The second-order valence-electron chi connectivity index (χ2n) is 5.31. The Bertz CT molecular complexity index is 414. The Labute approximate surface area is 113 Å². The summed E-state index contributed by atoms with van der Waals surface area (Å²) >= 11 is 0. The number of aliphatic hydroxyl groups is 1. The highest BCUT2D eigenvalue weighted by Crippen LogP contribution is 2.19. The van der Waals surface area contributed by atoms with Crippen molar-refractivity contribution >= 4 is 5.91 Å². The van der Waals surface area contributed by atoms with Gasteiger partial charge in [0.1, 0.15) is 5.76 Å². The normalized spacial score (nSPS) is 16.9. The molecule has 0 saturated carbocycles. The molecule has 0 unspecified atom stereocenters. The van der Waals surface area contributed by atoms with E-state index in [4.69, 9.17) is 9.63 Å². The summed E-state index contributed by atoms with van der Waals surface area (Å²) in [7, 11) is 0. The lowest BCUT2D eigenvalue weighted by molar-refractivity contribution is -0.132. The van der Waals surface area contributed by atoms with Crippen molar-refractivity contribution < 1.29 is 14.4 Å². The number of aromatic nitrogens is 1. The topological polar surface area (TPSA) is 66.6 Å². The Balaban J connectivity index is 1.82. The van der Waals surface area contributed by atoms with Crippen LogP contribution in [0.25, 0.3) is 0 Å². The van der Waals surface area contributed by atoms with E-state index in [1.165, 1.54) is 0 Å². The number of hydrogen-bond donors (Lipinski definition) is 1. The standard InChI is InChI=1S/C14H22N2O3/c1-10-13(11(2)19-15-10)3-4-14(18)16-7-5-12(9-17)6-8-16/h12,17H,3-9H2,1-2H3. The van der Waals surface area contributed by atoms with Crippen LogP contribution < -0.4 is 0 Å². The molecule has 0 aliphatic carbocycles. The van der Waals surface area contributed by atoms with Crippen molar-refractivity contribution in [3.63, 3.8) is 0 Å². The van der Waals surface area contributed by atoms with Crippen LogP contribution in [0.5, 0.6) is 0 Å². The molecule has 0 atom stereocenters. The molecule has 5 heteroatoms. The van der Waals surface area contributed by atoms with E-state index in [1.807, 2.05) is 18.7 Å². The predicted octanol–water partition coefficient (Wildman–Crippen LogP) is 1.45. The molecule has 0 bridgehead atoms. The van der Waals surface area contributed by atoms with Gasteiger partial charge in [-0.3, -0.25) is 4.79 Å². The zero-order valence-electron chi connectivity index (χ0n) is 11.7. The lowest BCUT2D eigenvalue weighted by atomic mass is 9.97. The van der Waals surface area contributed by atoms with E-state index < -0.39 is 0 Å². The number of piperidine rings is 1. The molecule has 0 spiro atoms. The lowest BCUT2D eigenvalue weighted by Crippen LogP contribution is -2.39. The van der Waals surface area contributed by atoms with E-state index in [1.54, 1.807) is 0 Å². The molecule has 19 heavy (non-hydrogen) atoms. The van der Waals surface area contributed by atoms with Gasteiger partial charge in [-0.15, -0.1) is 0 Å². The maximum Gasteiger partial charge on any atom is 0.222 e. The van der Waals surface area contributed by atoms with Crippen molar-refractivity contribution in [1.82, 2.24) is 10.1 Å². The van der Waals surface area contributed by atoms with E-state index in [0.717, 1.165) is 42.9 Å². The second-order valence-corrected chi connectivity index (χ2v) is 5.31. The van der Waals surface area contributed by atoms with E-state index in [2.05, 4.69) is 5.16 Å². The molecule has 0 radical (unpaired) electrons. The number of carbonyl (C=O) groups excluding carboxylic acids is 1. The van der Waals surface area contributed by atoms with Crippen molar-refractivity contribution in [3.8, 4) is 0 Å². The fraction of sp³-hybridized carbons (Fsp3) is 0.714. The van der Waals surface area contributed by atoms with Crippen LogP contribution in [0, 0.1) is 19.8 Å². The van der Waals surface area contributed by atoms with Crippen molar-refractivity contribution in [1.29, 1.82) is 0 Å². The molecular formula is C14H22N2O3. The summed E-state index contributed by atoms with van der Waals surface area (Å²) in [5.41, 5.74) is 1.93. The first-order valence-electron chi connectivity index (χ1n) is 6.92. The highest BCUT2D eigenvalue weighted by atomic mass is 16.5. The summed E-state index contributed by atoms with van der Waals surface area (Å²) in [4.78, 5) is 14.0. The van der Waals surface area contributed by atoms with Gasteiger partial charge in [-0.1, -0.05) is 5.16 Å². The highest BCUT2D eigenvalue weighted by Gasteiger charge is 2.22. The number of rotatable bonds is 4. The van der Waals surface area contributed by atoms with Gasteiger partial charge < -0.3 is 14.5 Å². The van der Waals surface area contributed by atoms with Gasteiger partial charge in [-0.25, -0.2) is 0 Å². The van der Waals surface area contributed by atoms with Crippen LogP contribution in [0.15, 0.2) is 4.52 Å². The fourth-order valence-electron chi connectivity index (χ4n) is 2.61. The van der Waals surface area contributed by atoms with Gasteiger partial charge in [0.05, 0.1) is 5.69 Å². The number of likely N-dealkylation sites (tertiary alicyclic amines) is 1. The van der Waals surface area contributed by atoms with Crippen molar-refractivity contribution in [2.75, 3.05) is 19.7 Å². The number of carbonyl (C=O) groups is 1. The Morgan fingerprint density at radius 1 is 1.42 bits per heavy atom. The first-order chi connectivity index (χ1) is 9.11. The van der Waals surface area contributed by atoms with Gasteiger partial charge in [0, 0.05) is 31.7 Å². The minimum absolute atomic E-state index is 0.191. The molecule has 1 aromatic rings. The predicted molar refractivity (Wildman–Crippen MR) is 70.7 cm³/mol. The number of hydrogen-bond acceptors (Lipinski definition) is 4. The molecule has 5 nitrogen and oxygen atoms in total. The van der Waals surface area contributed by atoms with Crippen LogP contribution in [-0.4, -0.2) is 40.8 Å². The summed E-state index contributed by atoms with van der Waals surface area (Å²) in [5.74, 6) is 1.37. The number of amides is 1. The van der Waals surface area contributed by atoms with E-state index in [-0.39, 0.29) is 12.5 Å². The van der Waals surface area contributed by atoms with Crippen LogP contribution >= 0.6 is 0 Å². The van der Waals surface area contributed by atoms with Crippen molar-refractivity contribution in [2.24, 2.45) is 5.92 Å². The van der Waals surface area contributed by atoms with Crippen LogP contribution in [0.3, 0.4) is 0 Å². The van der Waals surface area contributed by atoms with Crippen LogP contribution in [-0.2, 0) is 11.2 Å². The second kappa shape index (κ2) is 6.19. The molecule has 2 heterocycles. The number of aryl methyl sites for hydroxylation is 2. The summed E-state index contributed by atoms with van der Waals surface area (Å²) in [6.07, 6.45) is 3.02. The quantitative estimate of drug-likeness (QED) is 0.896. The van der Waals surface area contributed by atoms with Gasteiger partial charge in [0.25, 0.3) is 0 Å². The molecule has 1 N–H and O–H groups in total. The third kappa shape index (κ3) is 3.35. The third-order valence-corrected chi connectivity index (χ3v) is 4.00. The summed E-state index contributed by atoms with van der Waals surface area (Å²) in [6.45, 7) is 5.56. The monoisotopic (exact) mass is 266 g/mol. The molecule has 1 fully saturated rings. The molecule has 1 aliphatic rings. The minimum Gasteiger partial charge on any atom is -0.396 e. The van der Waals surface area contributed by atoms with Gasteiger partial charge >= 0.3 is 0 Å². The number of aliphatic hydroxyl groups excluding tert-OH is 1. The van der Waals surface area contributed by atoms with Crippen molar-refractivity contribution in [3.05, 3.63) is 17.0 Å². The molecule has 1 amide bonds. The molecule has 106 valence electrons. The molecule has 0 aromatic carbocycles. The van der Waals surface area contributed by atoms with Gasteiger partial charge in [-0.05, 0) is 39.0 Å². The zero-order chi connectivity index (χ0) is 13.8. The van der Waals surface area contributed by atoms with E-state index >= 15 is 0 Å². The first kappa shape index (κ1) is 14.1. The maximum atomic E-state index is 12.1. The molecule has 1 saturated heterocycles. The van der Waals surface area contributed by atoms with Gasteiger partial charge in [-0.2, -0.15) is 0 Å². The third-order valence-electron chi connectivity index (χ3n) is 4.00. The van der Waals surface area contributed by atoms with Crippen LogP contribution in [0.1, 0.15) is 36.3 Å². The molecular weight excluding hydrogens is 244 g/mol. The van der Waals surface area contributed by atoms with Crippen LogP contribution in [0.2, 0.25) is 0 Å². The Kier molecular flexibility index (Phi) is 4.58. The Hall–Kier alpha value is -1.36. The molecule has 1 aromatic heterocycles. The number of nitrogens with zero attached hydrogens (tertiary/aromatic N) is 2. The first-order valence-corrected chi connectivity index (χ1v) is 6.92. The largest absolute Gasteiger partial charge is 0.396 e. The maximum absolute atomic E-state index is 12.1. The highest BCUT2D eigenvalue weighted by molar-refractivity contribution is 5.76. The summed E-state index contributed by atoms with van der Waals surface area (Å²) < 4.78 is 5.10. The summed E-state index contributed by atoms with van der Waals surface area (Å²) in [6, 6.07) is 0. The lowest BCUT2D eigenvalue weighted by Gasteiger charge is -2.31. The SMILES string of the molecule is Cc1noc(C)c1CCC(=O)N1CCC(CO)CC1. The average molecular weight is 266 g/mol. The minimum atomic E-state index is 0.191. The Morgan fingerprint density at radius 2 is 2.11 bits per heavy atom. The smallest absolute Gasteiger partial charge is 0.222 e. The van der Waals surface area contributed by atoms with Crippen molar-refractivity contribution in [2.45, 2.75) is 39.5 Å². The van der Waals surface area contributed by atoms with E-state index in [0.29, 0.717) is 18.8 Å². The van der Waals surface area contributed by atoms with E-state index in [9.17, 15) is 4.79 Å².